The van der Waals surface area contributed by atoms with Crippen molar-refractivity contribution in [1.82, 2.24) is 24.9 Å². The second kappa shape index (κ2) is 13.2. The van der Waals surface area contributed by atoms with Gasteiger partial charge in [-0.25, -0.2) is 30.2 Å². The number of nitrogens with zero attached hydrogens (tertiary/aromatic N) is 3. The Hall–Kier alpha value is -3.56. The zero-order valence-corrected chi connectivity index (χ0v) is 25.1. The molecule has 0 radical (unpaired) electrons. The number of halogens is 2. The van der Waals surface area contributed by atoms with Crippen molar-refractivity contribution in [3.05, 3.63) is 80.8 Å². The number of aromatic nitrogens is 2. The lowest BCUT2D eigenvalue weighted by Gasteiger charge is -2.21. The van der Waals surface area contributed by atoms with Crippen LogP contribution in [0, 0.1) is 18.6 Å². The van der Waals surface area contributed by atoms with Gasteiger partial charge in [-0.15, -0.1) is 0 Å². The summed E-state index contributed by atoms with van der Waals surface area (Å²) in [6, 6.07) is 7.73. The third-order valence-corrected chi connectivity index (χ3v) is 6.63. The van der Waals surface area contributed by atoms with Crippen LogP contribution in [0.15, 0.2) is 41.3 Å². The molecule has 1 amide bonds. The van der Waals surface area contributed by atoms with E-state index in [1.807, 2.05) is 0 Å². The van der Waals surface area contributed by atoms with Crippen LogP contribution in [0.4, 0.5) is 26.1 Å². The Bertz CT molecular complexity index is 1510. The molecule has 1 aliphatic carbocycles. The maximum Gasteiger partial charge on any atom is 0.278 e. The van der Waals surface area contributed by atoms with Crippen LogP contribution < -0.4 is 27.3 Å². The molecular weight excluding hydrogens is 568 g/mol. The van der Waals surface area contributed by atoms with E-state index in [1.54, 1.807) is 45.2 Å². The van der Waals surface area contributed by atoms with Gasteiger partial charge in [0.1, 0.15) is 23.9 Å². The molecule has 14 heteroatoms. The minimum Gasteiger partial charge on any atom is -0.339 e. The first kappa shape index (κ1) is 31.4. The van der Waals surface area contributed by atoms with Gasteiger partial charge in [-0.3, -0.25) is 19.0 Å². The van der Waals surface area contributed by atoms with Crippen LogP contribution in [0.2, 0.25) is 0 Å². The topological polar surface area (TPSA) is 122 Å². The van der Waals surface area contributed by atoms with Gasteiger partial charge in [0.2, 0.25) is 0 Å². The van der Waals surface area contributed by atoms with Crippen molar-refractivity contribution in [2.75, 3.05) is 17.8 Å². The van der Waals surface area contributed by atoms with Gasteiger partial charge < -0.3 is 5.32 Å². The minimum absolute atomic E-state index is 0.00456. The molecule has 0 bridgehead atoms. The highest BCUT2D eigenvalue weighted by atomic mass is 32.2. The van der Waals surface area contributed by atoms with E-state index in [4.69, 9.17) is 9.12 Å². The number of amides is 1. The number of hydroxylamine groups is 1. The van der Waals surface area contributed by atoms with Crippen molar-refractivity contribution in [3.8, 4) is 0 Å². The van der Waals surface area contributed by atoms with Crippen LogP contribution in [0.1, 0.15) is 60.7 Å². The van der Waals surface area contributed by atoms with E-state index in [-0.39, 0.29) is 40.4 Å². The van der Waals surface area contributed by atoms with Gasteiger partial charge in [-0.2, -0.15) is 8.70 Å². The van der Waals surface area contributed by atoms with Crippen molar-refractivity contribution in [2.24, 2.45) is 7.05 Å². The first-order valence-corrected chi connectivity index (χ1v) is 14.0. The first-order valence-electron chi connectivity index (χ1n) is 13.3. The Kier molecular flexibility index (Phi) is 9.84. The number of hydrogen-bond donors (Lipinski definition) is 4. The summed E-state index contributed by atoms with van der Waals surface area (Å²) >= 11 is 0.939. The Labute approximate surface area is 247 Å². The van der Waals surface area contributed by atoms with E-state index in [2.05, 4.69) is 26.7 Å². The van der Waals surface area contributed by atoms with Crippen LogP contribution in [0.25, 0.3) is 0 Å². The number of carbonyl (C=O) groups excluding carboxylic acids is 1. The molecule has 1 aliphatic rings. The molecule has 226 valence electrons. The summed E-state index contributed by atoms with van der Waals surface area (Å²) in [5.41, 5.74) is 7.86. The molecule has 1 saturated carbocycles. The smallest absolute Gasteiger partial charge is 0.278 e. The second-order valence-electron chi connectivity index (χ2n) is 11.0. The molecule has 2 aromatic heterocycles. The monoisotopic (exact) mass is 603 g/mol. The van der Waals surface area contributed by atoms with Gasteiger partial charge in [0.15, 0.2) is 11.6 Å². The molecule has 0 unspecified atom stereocenters. The van der Waals surface area contributed by atoms with Crippen LogP contribution >= 0.6 is 12.2 Å². The normalized spacial score (nSPS) is 13.4. The molecule has 4 N–H and O–H groups in total. The lowest BCUT2D eigenvalue weighted by atomic mass is 10.0. The van der Waals surface area contributed by atoms with Gasteiger partial charge in [-0.1, -0.05) is 6.07 Å². The fourth-order valence-electron chi connectivity index (χ4n) is 3.86. The third kappa shape index (κ3) is 8.26. The van der Waals surface area contributed by atoms with E-state index in [1.165, 1.54) is 42.1 Å². The highest BCUT2D eigenvalue weighted by Gasteiger charge is 2.24. The van der Waals surface area contributed by atoms with E-state index in [9.17, 15) is 14.0 Å². The lowest BCUT2D eigenvalue weighted by molar-refractivity contribution is -0.0589. The van der Waals surface area contributed by atoms with Crippen molar-refractivity contribution >= 4 is 35.5 Å². The first-order chi connectivity index (χ1) is 19.8. The van der Waals surface area contributed by atoms with Crippen molar-refractivity contribution in [3.63, 3.8) is 0 Å². The summed E-state index contributed by atoms with van der Waals surface area (Å²) in [4.78, 5) is 36.1. The lowest BCUT2D eigenvalue weighted by Crippen LogP contribution is -2.35. The zero-order valence-electron chi connectivity index (χ0n) is 24.3. The molecule has 0 aliphatic heterocycles. The van der Waals surface area contributed by atoms with Gasteiger partial charge in [0, 0.05) is 38.3 Å². The highest BCUT2D eigenvalue weighted by molar-refractivity contribution is 7.92. The average Bonchev–Trinajstić information content (AvgIpc) is 3.73. The Balaban J connectivity index is 1.62. The quantitative estimate of drug-likeness (QED) is 0.132. The number of carbonyl (C=O) groups is 1. The molecule has 0 spiro atoms. The summed E-state index contributed by atoms with van der Waals surface area (Å²) in [6.45, 7) is 7.00. The third-order valence-electron chi connectivity index (χ3n) is 6.14. The van der Waals surface area contributed by atoms with E-state index in [0.717, 1.165) is 25.1 Å². The predicted octanol–water partition coefficient (Wildman–Crippen LogP) is 4.67. The van der Waals surface area contributed by atoms with Crippen LogP contribution in [-0.2, 0) is 22.6 Å². The number of hydrogen-bond acceptors (Lipinski definition) is 10. The highest BCUT2D eigenvalue weighted by Crippen LogP contribution is 2.26. The molecule has 42 heavy (non-hydrogen) atoms. The summed E-state index contributed by atoms with van der Waals surface area (Å²) in [5, 5.41) is 2.86. The van der Waals surface area contributed by atoms with Gasteiger partial charge in [0.25, 0.3) is 11.5 Å². The number of rotatable bonds is 12. The Morgan fingerprint density at radius 2 is 1.93 bits per heavy atom. The zero-order chi connectivity index (χ0) is 30.6. The fraction of sp³-hybridized carbons (Fsp3) is 0.393. The number of aryl methyl sites for hydroxylation is 1. The van der Waals surface area contributed by atoms with Crippen LogP contribution in [-0.4, -0.2) is 38.6 Å². The Morgan fingerprint density at radius 3 is 2.60 bits per heavy atom. The summed E-state index contributed by atoms with van der Waals surface area (Å²) < 4.78 is 38.2. The number of benzene rings is 1. The van der Waals surface area contributed by atoms with Crippen molar-refractivity contribution in [2.45, 2.75) is 58.6 Å². The SMILES string of the molecule is Cc1ccc(Nc2c(C(=O)NOC(C)(C)C)cc(Cc3ccnc(NOSN(C)NC4CC4)c3F)c(=O)n2C)c(F)c1. The molecule has 1 fully saturated rings. The summed E-state index contributed by atoms with van der Waals surface area (Å²) in [6.07, 6.45) is 3.39. The van der Waals surface area contributed by atoms with Gasteiger partial charge in [0.05, 0.1) is 16.9 Å². The van der Waals surface area contributed by atoms with Crippen LogP contribution in [0.5, 0.6) is 0 Å². The van der Waals surface area contributed by atoms with Gasteiger partial charge in [-0.05, 0) is 75.9 Å². The van der Waals surface area contributed by atoms with Crippen LogP contribution in [0.3, 0.4) is 0 Å². The molecule has 0 saturated heterocycles. The van der Waals surface area contributed by atoms with Gasteiger partial charge >= 0.3 is 0 Å². The number of pyridine rings is 2. The fourth-order valence-corrected chi connectivity index (χ4v) is 4.28. The average molecular weight is 604 g/mol. The van der Waals surface area contributed by atoms with E-state index < -0.39 is 28.7 Å². The molecular formula is C28H35F2N7O4S. The standard InChI is InChI=1S/C28H35F2N7O4S/c1-16-7-10-22(21(29)13-16)32-25-20(26(38)35-40-28(2,3)4)15-18(27(39)36(25)5)14-17-11-12-31-24(23(17)30)34-41-42-37(6)33-19-8-9-19/h7,10-13,15,19,32-33H,8-9,14H2,1-6H3,(H,31,34)(H,35,38). The van der Waals surface area contributed by atoms with Crippen molar-refractivity contribution in [1.29, 1.82) is 0 Å². The number of nitrogens with one attached hydrogen (secondary N) is 4. The number of hydrazine groups is 1. The summed E-state index contributed by atoms with van der Waals surface area (Å²) in [7, 11) is 3.21. The molecule has 0 atom stereocenters. The van der Waals surface area contributed by atoms with Crippen molar-refractivity contribution < 1.29 is 22.7 Å². The number of anilines is 3. The van der Waals surface area contributed by atoms with E-state index in [0.29, 0.717) is 11.6 Å². The predicted molar refractivity (Wildman–Crippen MR) is 158 cm³/mol. The Morgan fingerprint density at radius 1 is 1.19 bits per heavy atom. The largest absolute Gasteiger partial charge is 0.339 e. The van der Waals surface area contributed by atoms with E-state index >= 15 is 4.39 Å². The molecule has 2 heterocycles. The molecule has 3 aromatic rings. The maximum atomic E-state index is 15.4. The second-order valence-corrected chi connectivity index (χ2v) is 11.9. The molecule has 1 aromatic carbocycles. The molecule has 11 nitrogen and oxygen atoms in total. The maximum absolute atomic E-state index is 15.4. The minimum atomic E-state index is -0.719. The summed E-state index contributed by atoms with van der Waals surface area (Å²) in [5.74, 6) is -2.08. The molecule has 4 rings (SSSR count).